The Kier molecular flexibility index (Phi) is 7.30. The monoisotopic (exact) mass is 467 g/mol. The molecule has 1 unspecified atom stereocenters. The van der Waals surface area contributed by atoms with Crippen molar-refractivity contribution in [3.63, 3.8) is 0 Å². The molecule has 0 radical (unpaired) electrons. The van der Waals surface area contributed by atoms with Crippen LogP contribution in [-0.4, -0.2) is 62.3 Å². The fraction of sp³-hybridized carbons (Fsp3) is 0.333. The summed E-state index contributed by atoms with van der Waals surface area (Å²) in [4.78, 5) is 28.7. The minimum atomic E-state index is -3.88. The first kappa shape index (κ1) is 23.2. The lowest BCUT2D eigenvalue weighted by Gasteiger charge is -2.25. The number of hydrogen-bond acceptors (Lipinski definition) is 4. The molecule has 3 rings (SSSR count). The van der Waals surface area contributed by atoms with Crippen LogP contribution in [0.4, 0.5) is 4.39 Å². The van der Waals surface area contributed by atoms with E-state index in [1.165, 1.54) is 55.5 Å². The summed E-state index contributed by atoms with van der Waals surface area (Å²) < 4.78 is 40.5. The predicted octanol–water partition coefficient (Wildman–Crippen LogP) is 2.52. The molecule has 1 saturated heterocycles. The topological polar surface area (TPSA) is 86.8 Å². The highest BCUT2D eigenvalue weighted by atomic mass is 35.5. The molecule has 2 amide bonds. The van der Waals surface area contributed by atoms with Gasteiger partial charge in [-0.1, -0.05) is 11.6 Å². The summed E-state index contributed by atoms with van der Waals surface area (Å²) in [6.45, 7) is 2.92. The van der Waals surface area contributed by atoms with E-state index in [-0.39, 0.29) is 23.3 Å². The number of amides is 2. The van der Waals surface area contributed by atoms with E-state index in [0.717, 1.165) is 0 Å². The molecule has 1 aliphatic rings. The van der Waals surface area contributed by atoms with E-state index in [1.807, 2.05) is 0 Å². The maximum absolute atomic E-state index is 13.1. The smallest absolute Gasteiger partial charge is 0.253 e. The second-order valence-electron chi connectivity index (χ2n) is 7.27. The van der Waals surface area contributed by atoms with Gasteiger partial charge < -0.3 is 9.80 Å². The van der Waals surface area contributed by atoms with Gasteiger partial charge in [-0.25, -0.2) is 12.8 Å². The standard InChI is InChI=1S/C21H23ClFN3O4S/c1-15(24-31(29,30)19-9-5-17(22)6-10-19)20(27)25-11-2-12-26(14-13-25)21(28)16-3-7-18(23)8-4-16/h3-10,15,24H,2,11-14H2,1H3. The van der Waals surface area contributed by atoms with Crippen molar-refractivity contribution in [2.75, 3.05) is 26.2 Å². The van der Waals surface area contributed by atoms with Gasteiger partial charge in [0.25, 0.3) is 5.91 Å². The van der Waals surface area contributed by atoms with Crippen LogP contribution >= 0.6 is 11.6 Å². The van der Waals surface area contributed by atoms with Gasteiger partial charge in [-0.15, -0.1) is 0 Å². The van der Waals surface area contributed by atoms with Crippen LogP contribution < -0.4 is 4.72 Å². The lowest BCUT2D eigenvalue weighted by atomic mass is 10.2. The van der Waals surface area contributed by atoms with Crippen molar-refractivity contribution in [2.24, 2.45) is 0 Å². The molecular weight excluding hydrogens is 445 g/mol. The van der Waals surface area contributed by atoms with Crippen molar-refractivity contribution in [1.82, 2.24) is 14.5 Å². The van der Waals surface area contributed by atoms with Crippen LogP contribution in [0.1, 0.15) is 23.7 Å². The zero-order valence-corrected chi connectivity index (χ0v) is 18.5. The number of hydrogen-bond donors (Lipinski definition) is 1. The van der Waals surface area contributed by atoms with Gasteiger partial charge in [-0.2, -0.15) is 4.72 Å². The molecule has 0 saturated carbocycles. The summed E-state index contributed by atoms with van der Waals surface area (Å²) >= 11 is 5.79. The minimum absolute atomic E-state index is 0.0171. The molecule has 1 fully saturated rings. The summed E-state index contributed by atoms with van der Waals surface area (Å²) in [5.74, 6) is -1.02. The molecule has 2 aromatic rings. The number of nitrogens with one attached hydrogen (secondary N) is 1. The SMILES string of the molecule is CC(NS(=O)(=O)c1ccc(Cl)cc1)C(=O)N1CCCN(C(=O)c2ccc(F)cc2)CC1. The van der Waals surface area contributed by atoms with Crippen LogP contribution in [0.15, 0.2) is 53.4 Å². The average molecular weight is 468 g/mol. The molecular formula is C21H23ClFN3O4S. The molecule has 2 aromatic carbocycles. The van der Waals surface area contributed by atoms with Gasteiger partial charge in [-0.05, 0) is 61.9 Å². The van der Waals surface area contributed by atoms with E-state index in [2.05, 4.69) is 4.72 Å². The highest BCUT2D eigenvalue weighted by Crippen LogP contribution is 2.15. The minimum Gasteiger partial charge on any atom is -0.339 e. The van der Waals surface area contributed by atoms with E-state index >= 15 is 0 Å². The number of sulfonamides is 1. The van der Waals surface area contributed by atoms with Gasteiger partial charge in [0.15, 0.2) is 0 Å². The van der Waals surface area contributed by atoms with Gasteiger partial charge in [-0.3, -0.25) is 9.59 Å². The highest BCUT2D eigenvalue weighted by molar-refractivity contribution is 7.89. The fourth-order valence-corrected chi connectivity index (χ4v) is 4.68. The summed E-state index contributed by atoms with van der Waals surface area (Å²) in [6.07, 6.45) is 0.551. The number of carbonyl (C=O) groups excluding carboxylic acids is 2. The summed E-state index contributed by atoms with van der Waals surface area (Å²) in [7, 11) is -3.88. The van der Waals surface area contributed by atoms with Crippen LogP contribution in [0.3, 0.4) is 0 Å². The average Bonchev–Trinajstić information content (AvgIpc) is 2.99. The van der Waals surface area contributed by atoms with Gasteiger partial charge >= 0.3 is 0 Å². The Hall–Kier alpha value is -2.49. The van der Waals surface area contributed by atoms with Crippen molar-refractivity contribution in [1.29, 1.82) is 0 Å². The molecule has 0 bridgehead atoms. The number of rotatable bonds is 5. The largest absolute Gasteiger partial charge is 0.339 e. The Labute approximate surface area is 185 Å². The molecule has 0 aliphatic carbocycles. The fourth-order valence-electron chi connectivity index (χ4n) is 3.35. The van der Waals surface area contributed by atoms with Crippen LogP contribution in [0.5, 0.6) is 0 Å². The summed E-state index contributed by atoms with van der Waals surface area (Å²) in [6, 6.07) is 10.0. The molecule has 7 nitrogen and oxygen atoms in total. The number of nitrogens with zero attached hydrogens (tertiary/aromatic N) is 2. The van der Waals surface area contributed by atoms with E-state index in [9.17, 15) is 22.4 Å². The maximum atomic E-state index is 13.1. The van der Waals surface area contributed by atoms with Crippen LogP contribution in [-0.2, 0) is 14.8 Å². The first-order valence-electron chi connectivity index (χ1n) is 9.79. The molecule has 0 aromatic heterocycles. The predicted molar refractivity (Wildman–Crippen MR) is 115 cm³/mol. The molecule has 1 N–H and O–H groups in total. The summed E-state index contributed by atoms with van der Waals surface area (Å²) in [5.41, 5.74) is 0.380. The van der Waals surface area contributed by atoms with E-state index in [1.54, 1.807) is 9.80 Å². The molecule has 0 spiro atoms. The Bertz CT molecular complexity index is 1050. The van der Waals surface area contributed by atoms with Crippen LogP contribution in [0, 0.1) is 5.82 Å². The lowest BCUT2D eigenvalue weighted by Crippen LogP contribution is -2.48. The Morgan fingerprint density at radius 3 is 2.19 bits per heavy atom. The van der Waals surface area contributed by atoms with Crippen molar-refractivity contribution >= 4 is 33.4 Å². The van der Waals surface area contributed by atoms with Gasteiger partial charge in [0.05, 0.1) is 10.9 Å². The zero-order chi connectivity index (χ0) is 22.6. The molecule has 1 atom stereocenters. The normalized spacial score (nSPS) is 16.0. The second-order valence-corrected chi connectivity index (χ2v) is 9.43. The van der Waals surface area contributed by atoms with Gasteiger partial charge in [0.2, 0.25) is 15.9 Å². The highest BCUT2D eigenvalue weighted by Gasteiger charge is 2.28. The number of carbonyl (C=O) groups is 2. The Morgan fingerprint density at radius 2 is 1.55 bits per heavy atom. The van der Waals surface area contributed by atoms with Crippen molar-refractivity contribution in [3.8, 4) is 0 Å². The first-order valence-corrected chi connectivity index (χ1v) is 11.6. The number of halogens is 2. The Morgan fingerprint density at radius 1 is 0.968 bits per heavy atom. The molecule has 1 heterocycles. The third-order valence-electron chi connectivity index (χ3n) is 5.01. The van der Waals surface area contributed by atoms with Crippen LogP contribution in [0.25, 0.3) is 0 Å². The lowest BCUT2D eigenvalue weighted by molar-refractivity contribution is -0.132. The molecule has 10 heteroatoms. The van der Waals surface area contributed by atoms with E-state index in [0.29, 0.717) is 36.6 Å². The Balaban J connectivity index is 1.61. The third kappa shape index (κ3) is 5.81. The second kappa shape index (κ2) is 9.76. The first-order chi connectivity index (χ1) is 14.7. The van der Waals surface area contributed by atoms with Crippen LogP contribution in [0.2, 0.25) is 5.02 Å². The number of benzene rings is 2. The quantitative estimate of drug-likeness (QED) is 0.732. The van der Waals surface area contributed by atoms with Crippen molar-refractivity contribution < 1.29 is 22.4 Å². The molecule has 1 aliphatic heterocycles. The third-order valence-corrected chi connectivity index (χ3v) is 6.82. The maximum Gasteiger partial charge on any atom is 0.253 e. The van der Waals surface area contributed by atoms with E-state index in [4.69, 9.17) is 11.6 Å². The van der Waals surface area contributed by atoms with Gasteiger partial charge in [0.1, 0.15) is 5.82 Å². The van der Waals surface area contributed by atoms with Crippen molar-refractivity contribution in [3.05, 3.63) is 64.9 Å². The zero-order valence-electron chi connectivity index (χ0n) is 16.9. The van der Waals surface area contributed by atoms with Crippen molar-refractivity contribution in [2.45, 2.75) is 24.3 Å². The van der Waals surface area contributed by atoms with E-state index < -0.39 is 21.9 Å². The molecule has 166 valence electrons. The van der Waals surface area contributed by atoms with Gasteiger partial charge in [0, 0.05) is 36.8 Å². The molecule has 31 heavy (non-hydrogen) atoms. The summed E-state index contributed by atoms with van der Waals surface area (Å²) in [5, 5.41) is 0.410.